The summed E-state index contributed by atoms with van der Waals surface area (Å²) in [6, 6.07) is 7.36. The van der Waals surface area contributed by atoms with Crippen LogP contribution in [0.4, 0.5) is 5.69 Å². The van der Waals surface area contributed by atoms with Crippen LogP contribution in [0.1, 0.15) is 6.92 Å². The van der Waals surface area contributed by atoms with E-state index in [9.17, 15) is 0 Å². The molecule has 0 unspecified atom stereocenters. The molecule has 1 N–H and O–H groups in total. The topological polar surface area (TPSA) is 52.6 Å². The van der Waals surface area contributed by atoms with Crippen molar-refractivity contribution in [2.75, 3.05) is 26.1 Å². The Morgan fingerprint density at radius 3 is 2.40 bits per heavy atom. The first-order valence-corrected chi connectivity index (χ1v) is 6.36. The summed E-state index contributed by atoms with van der Waals surface area (Å²) < 4.78 is 16.5. The first-order chi connectivity index (χ1) is 9.78. The van der Waals surface area contributed by atoms with Crippen molar-refractivity contribution in [1.29, 1.82) is 0 Å². The molecule has 0 aliphatic carbocycles. The Balaban J connectivity index is 2.31. The molecule has 20 heavy (non-hydrogen) atoms. The summed E-state index contributed by atoms with van der Waals surface area (Å²) in [5, 5.41) is 3.19. The number of para-hydroxylation sites is 1. The number of aromatic nitrogens is 1. The zero-order valence-corrected chi connectivity index (χ0v) is 11.8. The maximum Gasteiger partial charge on any atom is 0.211 e. The van der Waals surface area contributed by atoms with Gasteiger partial charge in [0.2, 0.25) is 5.75 Å². The van der Waals surface area contributed by atoms with Gasteiger partial charge in [0.15, 0.2) is 11.5 Å². The van der Waals surface area contributed by atoms with Gasteiger partial charge in [-0.05, 0) is 19.1 Å². The van der Waals surface area contributed by atoms with Crippen LogP contribution in [0.5, 0.6) is 23.0 Å². The van der Waals surface area contributed by atoms with E-state index >= 15 is 0 Å². The fourth-order valence-corrected chi connectivity index (χ4v) is 1.81. The van der Waals surface area contributed by atoms with E-state index in [-0.39, 0.29) is 0 Å². The second-order valence-corrected chi connectivity index (χ2v) is 4.03. The predicted octanol–water partition coefficient (Wildman–Crippen LogP) is 3.32. The van der Waals surface area contributed by atoms with E-state index in [1.165, 1.54) is 0 Å². The van der Waals surface area contributed by atoms with E-state index in [1.807, 2.05) is 31.2 Å². The molecular formula is C15H18N2O3. The third-order valence-electron chi connectivity index (χ3n) is 2.70. The van der Waals surface area contributed by atoms with Gasteiger partial charge in [0.1, 0.15) is 5.75 Å². The lowest BCUT2D eigenvalue weighted by Gasteiger charge is -2.14. The third kappa shape index (κ3) is 3.12. The zero-order chi connectivity index (χ0) is 14.4. The summed E-state index contributed by atoms with van der Waals surface area (Å²) in [4.78, 5) is 4.14. The molecule has 0 spiro atoms. The largest absolute Gasteiger partial charge is 0.493 e. The van der Waals surface area contributed by atoms with Gasteiger partial charge in [-0.2, -0.15) is 0 Å². The monoisotopic (exact) mass is 274 g/mol. The number of anilines is 1. The average molecular weight is 274 g/mol. The van der Waals surface area contributed by atoms with Crippen LogP contribution in [-0.4, -0.2) is 25.7 Å². The van der Waals surface area contributed by atoms with Gasteiger partial charge in [-0.3, -0.25) is 4.98 Å². The van der Waals surface area contributed by atoms with E-state index in [0.717, 1.165) is 12.2 Å². The summed E-state index contributed by atoms with van der Waals surface area (Å²) in [6.45, 7) is 2.85. The normalized spacial score (nSPS) is 9.95. The van der Waals surface area contributed by atoms with Crippen LogP contribution in [0.25, 0.3) is 0 Å². The highest BCUT2D eigenvalue weighted by Crippen LogP contribution is 2.39. The molecule has 0 bridgehead atoms. The smallest absolute Gasteiger partial charge is 0.211 e. The van der Waals surface area contributed by atoms with Crippen LogP contribution in [0.2, 0.25) is 0 Å². The van der Waals surface area contributed by atoms with Gasteiger partial charge in [0.05, 0.1) is 32.3 Å². The molecule has 5 nitrogen and oxygen atoms in total. The lowest BCUT2D eigenvalue weighted by Crippen LogP contribution is -1.98. The van der Waals surface area contributed by atoms with Gasteiger partial charge in [0, 0.05) is 12.6 Å². The van der Waals surface area contributed by atoms with Crippen LogP contribution in [0.15, 0.2) is 36.7 Å². The van der Waals surface area contributed by atoms with Crippen LogP contribution < -0.4 is 19.5 Å². The number of methoxy groups -OCH3 is 2. The first kappa shape index (κ1) is 14.0. The van der Waals surface area contributed by atoms with Gasteiger partial charge in [-0.1, -0.05) is 6.07 Å². The fraction of sp³-hybridized carbons (Fsp3) is 0.267. The highest BCUT2D eigenvalue weighted by atomic mass is 16.5. The number of hydrogen-bond acceptors (Lipinski definition) is 5. The highest BCUT2D eigenvalue weighted by Gasteiger charge is 2.12. The van der Waals surface area contributed by atoms with Crippen molar-refractivity contribution < 1.29 is 14.2 Å². The molecule has 1 aromatic carbocycles. The second kappa shape index (κ2) is 6.65. The number of hydrogen-bond donors (Lipinski definition) is 1. The molecular weight excluding hydrogens is 256 g/mol. The highest BCUT2D eigenvalue weighted by molar-refractivity contribution is 5.54. The molecule has 1 heterocycles. The fourth-order valence-electron chi connectivity index (χ4n) is 1.81. The van der Waals surface area contributed by atoms with Crippen LogP contribution in [-0.2, 0) is 0 Å². The molecule has 0 aliphatic rings. The quantitative estimate of drug-likeness (QED) is 0.875. The minimum absolute atomic E-state index is 0.535. The van der Waals surface area contributed by atoms with Crippen LogP contribution in [0.3, 0.4) is 0 Å². The van der Waals surface area contributed by atoms with Gasteiger partial charge in [0.25, 0.3) is 0 Å². The molecule has 2 rings (SSSR count). The van der Waals surface area contributed by atoms with E-state index in [0.29, 0.717) is 23.0 Å². The van der Waals surface area contributed by atoms with Gasteiger partial charge in [-0.15, -0.1) is 0 Å². The number of rotatable bonds is 6. The van der Waals surface area contributed by atoms with Crippen molar-refractivity contribution in [3.05, 3.63) is 36.7 Å². The maximum absolute atomic E-state index is 5.86. The Morgan fingerprint density at radius 1 is 1.10 bits per heavy atom. The second-order valence-electron chi connectivity index (χ2n) is 4.03. The third-order valence-corrected chi connectivity index (χ3v) is 2.70. The minimum Gasteiger partial charge on any atom is -0.493 e. The Morgan fingerprint density at radius 2 is 1.80 bits per heavy atom. The van der Waals surface area contributed by atoms with Gasteiger partial charge < -0.3 is 19.5 Å². The molecule has 0 saturated heterocycles. The van der Waals surface area contributed by atoms with Crippen LogP contribution >= 0.6 is 0 Å². The number of ether oxygens (including phenoxy) is 3. The number of benzene rings is 1. The summed E-state index contributed by atoms with van der Waals surface area (Å²) in [7, 11) is 3.18. The molecule has 0 amide bonds. The Kier molecular flexibility index (Phi) is 4.65. The predicted molar refractivity (Wildman–Crippen MR) is 78.0 cm³/mol. The van der Waals surface area contributed by atoms with Crippen molar-refractivity contribution in [3.8, 4) is 23.0 Å². The molecule has 0 fully saturated rings. The summed E-state index contributed by atoms with van der Waals surface area (Å²) in [5.41, 5.74) is 0.902. The summed E-state index contributed by atoms with van der Waals surface area (Å²) >= 11 is 0. The number of nitrogens with zero attached hydrogens (tertiary/aromatic N) is 1. The van der Waals surface area contributed by atoms with E-state index in [1.54, 1.807) is 26.6 Å². The Labute approximate surface area is 118 Å². The first-order valence-electron chi connectivity index (χ1n) is 6.36. The molecule has 2 aromatic rings. The lowest BCUT2D eigenvalue weighted by atomic mass is 10.3. The molecule has 0 radical (unpaired) electrons. The van der Waals surface area contributed by atoms with E-state index in [2.05, 4.69) is 10.3 Å². The van der Waals surface area contributed by atoms with Gasteiger partial charge >= 0.3 is 0 Å². The van der Waals surface area contributed by atoms with Crippen molar-refractivity contribution in [2.45, 2.75) is 6.92 Å². The van der Waals surface area contributed by atoms with E-state index < -0.39 is 0 Å². The standard InChI is InChI=1S/C15H18N2O3/c1-4-17-11-8-12(10-16-9-11)20-15-13(18-2)6-5-7-14(15)19-3/h5-10,17H,4H2,1-3H3. The Hall–Kier alpha value is -2.43. The van der Waals surface area contributed by atoms with Crippen molar-refractivity contribution in [2.24, 2.45) is 0 Å². The molecule has 106 valence electrons. The molecule has 5 heteroatoms. The minimum atomic E-state index is 0.535. The van der Waals surface area contributed by atoms with Gasteiger partial charge in [-0.25, -0.2) is 0 Å². The lowest BCUT2D eigenvalue weighted by molar-refractivity contribution is 0.346. The molecule has 0 aliphatic heterocycles. The van der Waals surface area contributed by atoms with Crippen LogP contribution in [0, 0.1) is 0 Å². The Bertz CT molecular complexity index is 551. The summed E-state index contributed by atoms with van der Waals surface area (Å²) in [5.74, 6) is 2.37. The number of pyridine rings is 1. The van der Waals surface area contributed by atoms with Crippen molar-refractivity contribution in [1.82, 2.24) is 4.98 Å². The molecule has 1 aromatic heterocycles. The molecule has 0 atom stereocenters. The maximum atomic E-state index is 5.86. The van der Waals surface area contributed by atoms with E-state index in [4.69, 9.17) is 14.2 Å². The number of nitrogens with one attached hydrogen (secondary N) is 1. The van der Waals surface area contributed by atoms with Crippen molar-refractivity contribution >= 4 is 5.69 Å². The average Bonchev–Trinajstić information content (AvgIpc) is 2.48. The summed E-state index contributed by atoms with van der Waals surface area (Å²) in [6.07, 6.45) is 3.39. The molecule has 0 saturated carbocycles. The zero-order valence-electron chi connectivity index (χ0n) is 11.8. The van der Waals surface area contributed by atoms with Crippen molar-refractivity contribution in [3.63, 3.8) is 0 Å². The SMILES string of the molecule is CCNc1cncc(Oc2c(OC)cccc2OC)c1.